The Labute approximate surface area is 314 Å². The number of rotatable bonds is 7. The van der Waals surface area contributed by atoms with Crippen molar-refractivity contribution in [1.82, 2.24) is 19.9 Å². The highest BCUT2D eigenvalue weighted by molar-refractivity contribution is 7.91. The van der Waals surface area contributed by atoms with Gasteiger partial charge in [0.1, 0.15) is 17.7 Å². The number of cyclic esters (lactones) is 1. The summed E-state index contributed by atoms with van der Waals surface area (Å²) in [6, 6.07) is 14.7. The molecule has 5 atom stereocenters. The molecule has 54 heavy (non-hydrogen) atoms. The Morgan fingerprint density at radius 1 is 1.04 bits per heavy atom. The van der Waals surface area contributed by atoms with E-state index in [1.807, 2.05) is 60.7 Å². The smallest absolute Gasteiger partial charge is 0.306 e. The summed E-state index contributed by atoms with van der Waals surface area (Å²) in [5.41, 5.74) is 1.64. The average molecular weight is 753 g/mol. The predicted octanol–water partition coefficient (Wildman–Crippen LogP) is 4.02. The number of sulfonamides is 1. The van der Waals surface area contributed by atoms with Crippen LogP contribution in [0.25, 0.3) is 16.8 Å². The molecule has 3 fully saturated rings. The third-order valence-electron chi connectivity index (χ3n) is 11.6. The topological polar surface area (TPSA) is 161 Å². The monoisotopic (exact) mass is 752 g/mol. The molecular weight excluding hydrogens is 709 g/mol. The maximum Gasteiger partial charge on any atom is 0.306 e. The SMILES string of the molecule is C=C[C@@H]1CC1(NC(=O)[C@@H]1C[C@@H]2CN1C(=O)[C@H](C1Cc3ccccc3C1)CC(=O)OCCC/C=C/c1ccc3ccnc(c3c1)O2)C(=O)NS(=O)(=O)C1CC1. The van der Waals surface area contributed by atoms with Gasteiger partial charge in [0.25, 0.3) is 5.91 Å². The number of amides is 3. The fourth-order valence-electron chi connectivity index (χ4n) is 8.30. The van der Waals surface area contributed by atoms with Gasteiger partial charge in [-0.3, -0.25) is 23.9 Å². The molecule has 282 valence electrons. The molecule has 12 nitrogen and oxygen atoms in total. The van der Waals surface area contributed by atoms with Gasteiger partial charge >= 0.3 is 5.97 Å². The third kappa shape index (κ3) is 7.13. The van der Waals surface area contributed by atoms with Crippen LogP contribution in [-0.4, -0.2) is 78.1 Å². The molecule has 1 aromatic heterocycles. The van der Waals surface area contributed by atoms with Crippen molar-refractivity contribution in [2.45, 2.75) is 80.7 Å². The maximum absolute atomic E-state index is 14.9. The van der Waals surface area contributed by atoms with E-state index in [0.29, 0.717) is 44.4 Å². The van der Waals surface area contributed by atoms with Crippen LogP contribution < -0.4 is 14.8 Å². The molecule has 0 radical (unpaired) electrons. The zero-order valence-corrected chi connectivity index (χ0v) is 30.8. The molecule has 1 saturated heterocycles. The third-order valence-corrected chi connectivity index (χ3v) is 13.4. The van der Waals surface area contributed by atoms with Crippen LogP contribution in [0.4, 0.5) is 0 Å². The number of carbonyl (C=O) groups excluding carboxylic acids is 4. The molecule has 3 aliphatic carbocycles. The predicted molar refractivity (Wildman–Crippen MR) is 200 cm³/mol. The van der Waals surface area contributed by atoms with Crippen LogP contribution in [0.15, 0.2) is 73.5 Å². The molecule has 2 N–H and O–H groups in total. The zero-order valence-electron chi connectivity index (χ0n) is 29.9. The highest BCUT2D eigenvalue weighted by Gasteiger charge is 2.62. The number of benzene rings is 2. The van der Waals surface area contributed by atoms with Crippen molar-refractivity contribution in [1.29, 1.82) is 0 Å². The van der Waals surface area contributed by atoms with Crippen molar-refractivity contribution in [3.05, 3.63) is 90.1 Å². The number of pyridine rings is 1. The summed E-state index contributed by atoms with van der Waals surface area (Å²) in [6.45, 7) is 4.04. The van der Waals surface area contributed by atoms with Gasteiger partial charge in [0.05, 0.1) is 30.7 Å². The number of ether oxygens (including phenoxy) is 2. The van der Waals surface area contributed by atoms with Crippen molar-refractivity contribution in [3.8, 4) is 5.88 Å². The number of fused-ring (bicyclic) bond motifs is 4. The first-order chi connectivity index (χ1) is 26.0. The number of aromatic nitrogens is 1. The van der Waals surface area contributed by atoms with E-state index >= 15 is 0 Å². The summed E-state index contributed by atoms with van der Waals surface area (Å²) in [6.07, 6.45) is 10.1. The van der Waals surface area contributed by atoms with Gasteiger partial charge in [-0.25, -0.2) is 13.4 Å². The summed E-state index contributed by atoms with van der Waals surface area (Å²) in [5, 5.41) is 3.92. The van der Waals surface area contributed by atoms with Crippen LogP contribution in [0.2, 0.25) is 0 Å². The van der Waals surface area contributed by atoms with Crippen LogP contribution in [0, 0.1) is 17.8 Å². The van der Waals surface area contributed by atoms with E-state index in [1.165, 1.54) is 11.0 Å². The lowest BCUT2D eigenvalue weighted by atomic mass is 9.85. The van der Waals surface area contributed by atoms with Crippen LogP contribution in [-0.2, 0) is 46.8 Å². The van der Waals surface area contributed by atoms with Crippen molar-refractivity contribution in [2.24, 2.45) is 17.8 Å². The van der Waals surface area contributed by atoms with Gasteiger partial charge in [0.2, 0.25) is 27.7 Å². The maximum atomic E-state index is 14.9. The summed E-state index contributed by atoms with van der Waals surface area (Å²) in [4.78, 5) is 62.3. The second kappa shape index (κ2) is 14.3. The molecule has 1 unspecified atom stereocenters. The lowest BCUT2D eigenvalue weighted by molar-refractivity contribution is -0.152. The fraction of sp³-hybridized carbons (Fsp3) is 0.439. The molecule has 4 bridgehead atoms. The average Bonchev–Trinajstić information content (AvgIpc) is 4.05. The van der Waals surface area contributed by atoms with E-state index in [9.17, 15) is 27.6 Å². The first kappa shape index (κ1) is 36.0. The molecule has 5 aliphatic rings. The zero-order chi connectivity index (χ0) is 37.6. The van der Waals surface area contributed by atoms with Crippen molar-refractivity contribution in [2.75, 3.05) is 13.2 Å². The van der Waals surface area contributed by atoms with Gasteiger partial charge in [-0.2, -0.15) is 0 Å². The molecule has 3 aromatic rings. The van der Waals surface area contributed by atoms with E-state index in [-0.39, 0.29) is 44.2 Å². The van der Waals surface area contributed by atoms with Crippen molar-refractivity contribution >= 4 is 50.6 Å². The first-order valence-corrected chi connectivity index (χ1v) is 20.3. The van der Waals surface area contributed by atoms with E-state index in [4.69, 9.17) is 9.47 Å². The Hall–Kier alpha value is -5.04. The first-order valence-electron chi connectivity index (χ1n) is 18.8. The molecule has 2 aromatic carbocycles. The molecular formula is C41H44N4O8S. The molecule has 2 saturated carbocycles. The van der Waals surface area contributed by atoms with E-state index in [1.54, 1.807) is 6.20 Å². The molecule has 0 spiro atoms. The number of hydrogen-bond acceptors (Lipinski definition) is 9. The minimum atomic E-state index is -3.89. The Morgan fingerprint density at radius 2 is 1.81 bits per heavy atom. The number of nitrogens with one attached hydrogen (secondary N) is 2. The Balaban J connectivity index is 1.13. The molecule has 13 heteroatoms. The minimum absolute atomic E-state index is 0.0277. The van der Waals surface area contributed by atoms with E-state index in [0.717, 1.165) is 27.5 Å². The number of esters is 1. The number of carbonyl (C=O) groups is 4. The van der Waals surface area contributed by atoms with Crippen LogP contribution in [0.5, 0.6) is 5.88 Å². The van der Waals surface area contributed by atoms with Gasteiger partial charge in [-0.05, 0) is 85.1 Å². The minimum Gasteiger partial charge on any atom is -0.472 e. The Bertz CT molecular complexity index is 2140. The molecule has 3 amide bonds. The number of nitrogens with zero attached hydrogens (tertiary/aromatic N) is 2. The van der Waals surface area contributed by atoms with Gasteiger partial charge in [-0.15, -0.1) is 6.58 Å². The summed E-state index contributed by atoms with van der Waals surface area (Å²) in [7, 11) is -3.89. The second-order valence-corrected chi connectivity index (χ2v) is 17.2. The van der Waals surface area contributed by atoms with Crippen molar-refractivity contribution < 1.29 is 37.1 Å². The lowest BCUT2D eigenvalue weighted by Crippen LogP contribution is -2.57. The highest BCUT2D eigenvalue weighted by Crippen LogP contribution is 2.46. The highest BCUT2D eigenvalue weighted by atomic mass is 32.2. The van der Waals surface area contributed by atoms with Crippen molar-refractivity contribution in [3.63, 3.8) is 0 Å². The largest absolute Gasteiger partial charge is 0.472 e. The molecule has 8 rings (SSSR count). The Morgan fingerprint density at radius 3 is 2.54 bits per heavy atom. The van der Waals surface area contributed by atoms with Gasteiger partial charge in [0.15, 0.2) is 0 Å². The Kier molecular flexibility index (Phi) is 9.53. The molecule has 3 heterocycles. The van der Waals surface area contributed by atoms with Gasteiger partial charge in [-0.1, -0.05) is 54.6 Å². The van der Waals surface area contributed by atoms with E-state index < -0.39 is 62.6 Å². The van der Waals surface area contributed by atoms with E-state index in [2.05, 4.69) is 21.6 Å². The second-order valence-electron chi connectivity index (χ2n) is 15.3. The normalized spacial score (nSPS) is 28.0. The number of allylic oxidation sites excluding steroid dienone is 1. The van der Waals surface area contributed by atoms with Crippen LogP contribution in [0.1, 0.15) is 61.6 Å². The quantitative estimate of drug-likeness (QED) is 0.268. The van der Waals surface area contributed by atoms with Crippen LogP contribution >= 0.6 is 0 Å². The van der Waals surface area contributed by atoms with Gasteiger partial charge in [0, 0.05) is 23.9 Å². The fourth-order valence-corrected chi connectivity index (χ4v) is 9.66. The molecule has 2 aliphatic heterocycles. The van der Waals surface area contributed by atoms with Gasteiger partial charge < -0.3 is 19.7 Å². The lowest BCUT2D eigenvalue weighted by Gasteiger charge is -2.31. The standard InChI is InChI=1S/C41H44N4O8S/c1-2-30-23-41(30,40(49)44-54(50,51)32-13-14-32)43-37(47)35-21-31-24-45(35)39(48)34(29-19-27-9-5-6-10-28(27)20-29)22-36(46)52-17-7-3-4-8-25-11-12-26-15-16-42-38(53-31)33(26)18-25/h2,4-6,8-12,15-16,18,29-32,34-35H,1,3,7,13-14,17,19-24H2,(H,43,47)(H,44,49)/b8-4+/t30-,31-,34+,35+,41?/m1/s1. The summed E-state index contributed by atoms with van der Waals surface area (Å²) in [5.74, 6) is -3.43. The van der Waals surface area contributed by atoms with Crippen LogP contribution in [0.3, 0.4) is 0 Å². The summed E-state index contributed by atoms with van der Waals surface area (Å²) >= 11 is 0. The summed E-state index contributed by atoms with van der Waals surface area (Å²) < 4.78 is 39.9. The number of hydrogen-bond donors (Lipinski definition) is 2.